The van der Waals surface area contributed by atoms with E-state index < -0.39 is 29.3 Å². The standard InChI is InChI=1S/C27H43N3O4/c1-9-18(2)21(28-25(33)34-27(6,7)8)24(32)30(20-16-13-17-20)22(19-14-11-10-12-15-19)23(31)29-26(3,4)5/h10-12,14-15,18,20-22H,9,13,16-17H2,1-8H3,(H,28,33)(H,29,31). The van der Waals surface area contributed by atoms with E-state index in [1.165, 1.54) is 0 Å². The Labute approximate surface area is 205 Å². The van der Waals surface area contributed by atoms with Gasteiger partial charge in [-0.05, 0) is 72.3 Å². The Morgan fingerprint density at radius 1 is 1.06 bits per heavy atom. The second-order valence-corrected chi connectivity index (χ2v) is 11.4. The van der Waals surface area contributed by atoms with Crippen LogP contribution in [0.15, 0.2) is 30.3 Å². The monoisotopic (exact) mass is 473 g/mol. The number of carbonyl (C=O) groups excluding carboxylic acids is 3. The zero-order valence-electron chi connectivity index (χ0n) is 22.1. The third kappa shape index (κ3) is 7.74. The summed E-state index contributed by atoms with van der Waals surface area (Å²) < 4.78 is 5.45. The fourth-order valence-corrected chi connectivity index (χ4v) is 3.97. The number of nitrogens with zero attached hydrogens (tertiary/aromatic N) is 1. The molecule has 0 aromatic heterocycles. The van der Waals surface area contributed by atoms with Gasteiger partial charge in [-0.2, -0.15) is 0 Å². The summed E-state index contributed by atoms with van der Waals surface area (Å²) >= 11 is 0. The normalized spacial score (nSPS) is 17.1. The Morgan fingerprint density at radius 3 is 2.09 bits per heavy atom. The van der Waals surface area contributed by atoms with Crippen LogP contribution >= 0.6 is 0 Å². The van der Waals surface area contributed by atoms with Crippen LogP contribution in [0.3, 0.4) is 0 Å². The lowest BCUT2D eigenvalue weighted by molar-refractivity contribution is -0.149. The molecule has 3 amide bonds. The van der Waals surface area contributed by atoms with Crippen LogP contribution in [0, 0.1) is 5.92 Å². The summed E-state index contributed by atoms with van der Waals surface area (Å²) in [5.41, 5.74) is -0.381. The lowest BCUT2D eigenvalue weighted by atomic mass is 9.86. The van der Waals surface area contributed by atoms with Crippen molar-refractivity contribution in [2.45, 2.75) is 110 Å². The van der Waals surface area contributed by atoms with E-state index in [4.69, 9.17) is 4.74 Å². The Balaban J connectivity index is 2.48. The number of amides is 3. The Bertz CT molecular complexity index is 838. The number of carbonyl (C=O) groups is 3. The first-order chi connectivity index (χ1) is 15.7. The topological polar surface area (TPSA) is 87.7 Å². The summed E-state index contributed by atoms with van der Waals surface area (Å²) in [5, 5.41) is 5.88. The SMILES string of the molecule is CCC(C)C(NC(=O)OC(C)(C)C)C(=O)N(C1CCC1)C(C(=O)NC(C)(C)C)c1ccccc1. The molecule has 190 valence electrons. The molecule has 2 N–H and O–H groups in total. The molecule has 0 saturated heterocycles. The van der Waals surface area contributed by atoms with Crippen LogP contribution in [0.5, 0.6) is 0 Å². The summed E-state index contributed by atoms with van der Waals surface area (Å²) in [5.74, 6) is -0.605. The highest BCUT2D eigenvalue weighted by molar-refractivity contribution is 5.92. The number of ether oxygens (including phenoxy) is 1. The third-order valence-corrected chi connectivity index (χ3v) is 6.01. The molecule has 3 unspecified atom stereocenters. The Hall–Kier alpha value is -2.57. The van der Waals surface area contributed by atoms with Gasteiger partial charge >= 0.3 is 6.09 Å². The largest absolute Gasteiger partial charge is 0.444 e. The van der Waals surface area contributed by atoms with Gasteiger partial charge in [0.25, 0.3) is 0 Å². The fraction of sp³-hybridized carbons (Fsp3) is 0.667. The zero-order chi connectivity index (χ0) is 25.7. The molecular weight excluding hydrogens is 430 g/mol. The van der Waals surface area contributed by atoms with Gasteiger partial charge in [-0.25, -0.2) is 4.79 Å². The van der Waals surface area contributed by atoms with Gasteiger partial charge < -0.3 is 20.3 Å². The van der Waals surface area contributed by atoms with E-state index in [2.05, 4.69) is 10.6 Å². The number of hydrogen-bond donors (Lipinski definition) is 2. The summed E-state index contributed by atoms with van der Waals surface area (Å²) in [6.45, 7) is 15.1. The van der Waals surface area contributed by atoms with Crippen molar-refractivity contribution in [3.8, 4) is 0 Å². The molecule has 1 aliphatic rings. The second-order valence-electron chi connectivity index (χ2n) is 11.4. The molecule has 1 saturated carbocycles. The Kier molecular flexibility index (Phi) is 9.15. The van der Waals surface area contributed by atoms with Crippen LogP contribution in [-0.2, 0) is 14.3 Å². The summed E-state index contributed by atoms with van der Waals surface area (Å²) in [6, 6.07) is 7.76. The van der Waals surface area contributed by atoms with Gasteiger partial charge in [-0.1, -0.05) is 50.6 Å². The molecule has 34 heavy (non-hydrogen) atoms. The summed E-state index contributed by atoms with van der Waals surface area (Å²) in [7, 11) is 0. The predicted octanol–water partition coefficient (Wildman–Crippen LogP) is 4.96. The molecule has 0 radical (unpaired) electrons. The maximum absolute atomic E-state index is 14.1. The number of hydrogen-bond acceptors (Lipinski definition) is 4. The van der Waals surface area contributed by atoms with Crippen molar-refractivity contribution < 1.29 is 19.1 Å². The van der Waals surface area contributed by atoms with Crippen molar-refractivity contribution in [1.29, 1.82) is 0 Å². The summed E-state index contributed by atoms with van der Waals surface area (Å²) in [6.07, 6.45) is 2.73. The molecule has 0 spiro atoms. The number of rotatable bonds is 8. The predicted molar refractivity (Wildman–Crippen MR) is 134 cm³/mol. The third-order valence-electron chi connectivity index (χ3n) is 6.01. The van der Waals surface area contributed by atoms with Gasteiger partial charge in [0.2, 0.25) is 11.8 Å². The van der Waals surface area contributed by atoms with Crippen molar-refractivity contribution in [2.24, 2.45) is 5.92 Å². The minimum atomic E-state index is -0.797. The average molecular weight is 474 g/mol. The van der Waals surface area contributed by atoms with Gasteiger partial charge in [0.1, 0.15) is 17.7 Å². The summed E-state index contributed by atoms with van der Waals surface area (Å²) in [4.78, 5) is 42.1. The molecule has 1 aliphatic carbocycles. The van der Waals surface area contributed by atoms with Crippen molar-refractivity contribution in [3.63, 3.8) is 0 Å². The first-order valence-corrected chi connectivity index (χ1v) is 12.4. The maximum atomic E-state index is 14.1. The van der Waals surface area contributed by atoms with Crippen molar-refractivity contribution in [3.05, 3.63) is 35.9 Å². The Morgan fingerprint density at radius 2 is 1.65 bits per heavy atom. The molecule has 3 atom stereocenters. The zero-order valence-corrected chi connectivity index (χ0v) is 22.1. The van der Waals surface area contributed by atoms with E-state index in [0.29, 0.717) is 6.42 Å². The molecule has 0 heterocycles. The number of alkyl carbamates (subject to hydrolysis) is 1. The van der Waals surface area contributed by atoms with E-state index in [-0.39, 0.29) is 23.8 Å². The number of nitrogens with one attached hydrogen (secondary N) is 2. The van der Waals surface area contributed by atoms with E-state index in [0.717, 1.165) is 24.8 Å². The lowest BCUT2D eigenvalue weighted by Gasteiger charge is -2.44. The maximum Gasteiger partial charge on any atom is 0.408 e. The van der Waals surface area contributed by atoms with Gasteiger partial charge in [0, 0.05) is 11.6 Å². The lowest BCUT2D eigenvalue weighted by Crippen LogP contribution is -2.59. The molecule has 7 nitrogen and oxygen atoms in total. The quantitative estimate of drug-likeness (QED) is 0.558. The first-order valence-electron chi connectivity index (χ1n) is 12.4. The molecule has 1 aromatic carbocycles. The first kappa shape index (κ1) is 27.7. The van der Waals surface area contributed by atoms with Crippen LogP contribution < -0.4 is 10.6 Å². The van der Waals surface area contributed by atoms with Gasteiger partial charge in [-0.15, -0.1) is 0 Å². The minimum absolute atomic E-state index is 0.0598. The van der Waals surface area contributed by atoms with E-state index in [9.17, 15) is 14.4 Å². The smallest absolute Gasteiger partial charge is 0.408 e. The van der Waals surface area contributed by atoms with Crippen molar-refractivity contribution in [1.82, 2.24) is 15.5 Å². The van der Waals surface area contributed by atoms with Crippen molar-refractivity contribution in [2.75, 3.05) is 0 Å². The molecule has 2 rings (SSSR count). The van der Waals surface area contributed by atoms with Crippen LogP contribution in [0.25, 0.3) is 0 Å². The fourth-order valence-electron chi connectivity index (χ4n) is 3.97. The highest BCUT2D eigenvalue weighted by Gasteiger charge is 2.43. The van der Waals surface area contributed by atoms with E-state index in [1.807, 2.05) is 65.0 Å². The molecule has 1 aromatic rings. The average Bonchev–Trinajstić information content (AvgIpc) is 2.67. The van der Waals surface area contributed by atoms with Crippen molar-refractivity contribution >= 4 is 17.9 Å². The van der Waals surface area contributed by atoms with E-state index in [1.54, 1.807) is 25.7 Å². The van der Waals surface area contributed by atoms with Crippen LogP contribution in [-0.4, -0.2) is 46.0 Å². The van der Waals surface area contributed by atoms with Crippen LogP contribution in [0.4, 0.5) is 4.79 Å². The van der Waals surface area contributed by atoms with Gasteiger partial charge in [-0.3, -0.25) is 9.59 Å². The highest BCUT2D eigenvalue weighted by atomic mass is 16.6. The molecule has 0 aliphatic heterocycles. The molecule has 7 heteroatoms. The van der Waals surface area contributed by atoms with Gasteiger partial charge in [0.05, 0.1) is 0 Å². The minimum Gasteiger partial charge on any atom is -0.444 e. The van der Waals surface area contributed by atoms with Crippen LogP contribution in [0.2, 0.25) is 0 Å². The molecular formula is C27H43N3O4. The van der Waals surface area contributed by atoms with Crippen LogP contribution in [0.1, 0.15) is 92.7 Å². The number of benzene rings is 1. The van der Waals surface area contributed by atoms with E-state index >= 15 is 0 Å². The second kappa shape index (κ2) is 11.2. The molecule has 1 fully saturated rings. The molecule has 0 bridgehead atoms. The van der Waals surface area contributed by atoms with Gasteiger partial charge in [0.15, 0.2) is 0 Å². The highest BCUT2D eigenvalue weighted by Crippen LogP contribution is 2.34.